The molecule has 0 radical (unpaired) electrons. The van der Waals surface area contributed by atoms with Crippen molar-refractivity contribution in [3.8, 4) is 0 Å². The number of ether oxygens (including phenoxy) is 1. The number of hydrogen-bond donors (Lipinski definition) is 0. The first-order chi connectivity index (χ1) is 7.61. The maximum atomic E-state index is 10.7. The normalized spacial score (nSPS) is 49.1. The van der Waals surface area contributed by atoms with Gasteiger partial charge in [-0.05, 0) is 19.6 Å². The molecule has 0 bridgehead atoms. The topological polar surface area (TPSA) is 26.3 Å². The van der Waals surface area contributed by atoms with Crippen LogP contribution in [0.25, 0.3) is 0 Å². The van der Waals surface area contributed by atoms with E-state index < -0.39 is 30.8 Å². The van der Waals surface area contributed by atoms with Gasteiger partial charge in [-0.25, -0.2) is 0 Å². The fraction of sp³-hybridized carbons (Fsp3) is 0.700. The molecule has 0 N–H and O–H groups in total. The molecule has 2 nitrogen and oxygen atoms in total. The van der Waals surface area contributed by atoms with Crippen molar-refractivity contribution in [1.29, 1.82) is 0 Å². The molecule has 12 heavy (non-hydrogen) atoms. The smallest absolute Gasteiger partial charge is 0.125 e. The molecule has 0 amide bonds. The summed E-state index contributed by atoms with van der Waals surface area (Å²) in [5.74, 6) is -0.547. The number of rotatable bonds is 3. The van der Waals surface area contributed by atoms with Crippen LogP contribution in [0.1, 0.15) is 33.4 Å². The van der Waals surface area contributed by atoms with E-state index in [1.54, 1.807) is 6.92 Å². The molecular weight excluding hydrogens is 152 g/mol. The molecule has 1 aliphatic rings. The zero-order valence-corrected chi connectivity index (χ0v) is 7.04. The van der Waals surface area contributed by atoms with Gasteiger partial charge in [0.05, 0.1) is 11.7 Å². The molecule has 68 valence electrons. The minimum atomic E-state index is -2.66. The van der Waals surface area contributed by atoms with E-state index in [2.05, 4.69) is 6.58 Å². The SMILES string of the molecule is [2H]C([2H])([2H])C1(C=C)OC(C(C)C=O)CC1([2H])[2H]. The highest BCUT2D eigenvalue weighted by molar-refractivity contribution is 5.53. The van der Waals surface area contributed by atoms with Crippen molar-refractivity contribution in [3.63, 3.8) is 0 Å². The Bertz CT molecular complexity index is 325. The summed E-state index contributed by atoms with van der Waals surface area (Å²) in [6.07, 6.45) is -1.29. The summed E-state index contributed by atoms with van der Waals surface area (Å²) in [5, 5.41) is 0. The molecule has 1 saturated heterocycles. The fourth-order valence-corrected chi connectivity index (χ4v) is 1.08. The average Bonchev–Trinajstić information content (AvgIpc) is 2.48. The first-order valence-corrected chi connectivity index (χ1v) is 3.88. The van der Waals surface area contributed by atoms with Gasteiger partial charge >= 0.3 is 0 Å². The van der Waals surface area contributed by atoms with Crippen LogP contribution in [-0.4, -0.2) is 18.0 Å². The first kappa shape index (κ1) is 4.56. The molecule has 0 aromatic carbocycles. The van der Waals surface area contributed by atoms with E-state index in [0.717, 1.165) is 6.08 Å². The molecule has 0 aromatic heterocycles. The van der Waals surface area contributed by atoms with Crippen molar-refractivity contribution in [2.75, 3.05) is 0 Å². The van der Waals surface area contributed by atoms with Gasteiger partial charge in [0.1, 0.15) is 6.29 Å². The van der Waals surface area contributed by atoms with E-state index in [1.807, 2.05) is 0 Å². The molecule has 1 fully saturated rings. The van der Waals surface area contributed by atoms with Crippen LogP contribution < -0.4 is 0 Å². The fourth-order valence-electron chi connectivity index (χ4n) is 1.08. The van der Waals surface area contributed by atoms with Crippen molar-refractivity contribution in [3.05, 3.63) is 12.7 Å². The highest BCUT2D eigenvalue weighted by atomic mass is 16.5. The number of carbonyl (C=O) groups excluding carboxylic acids is 1. The van der Waals surface area contributed by atoms with Gasteiger partial charge in [0.25, 0.3) is 0 Å². The number of aldehydes is 1. The van der Waals surface area contributed by atoms with E-state index in [0.29, 0.717) is 6.29 Å². The molecule has 2 heteroatoms. The molecule has 1 aliphatic heterocycles. The van der Waals surface area contributed by atoms with Crippen molar-refractivity contribution in [2.24, 2.45) is 5.92 Å². The lowest BCUT2D eigenvalue weighted by Gasteiger charge is -2.21. The van der Waals surface area contributed by atoms with Crippen LogP contribution in [0.4, 0.5) is 0 Å². The Labute approximate surface area is 80.6 Å². The average molecular weight is 173 g/mol. The predicted octanol–water partition coefficient (Wildman–Crippen LogP) is 1.95. The molecule has 3 atom stereocenters. The highest BCUT2D eigenvalue weighted by Crippen LogP contribution is 2.33. The second-order valence-corrected chi connectivity index (χ2v) is 2.97. The minimum absolute atomic E-state index is 0.128. The molecule has 0 saturated carbocycles. The summed E-state index contributed by atoms with van der Waals surface area (Å²) >= 11 is 0. The summed E-state index contributed by atoms with van der Waals surface area (Å²) < 4.78 is 43.3. The predicted molar refractivity (Wildman–Crippen MR) is 47.9 cm³/mol. The Balaban J connectivity index is 3.16. The molecule has 0 spiro atoms. The number of hydrogen-bond acceptors (Lipinski definition) is 2. The summed E-state index contributed by atoms with van der Waals surface area (Å²) in [6.45, 7) is 2.30. The Morgan fingerprint density at radius 3 is 3.17 bits per heavy atom. The van der Waals surface area contributed by atoms with Gasteiger partial charge in [-0.2, -0.15) is 0 Å². The monoisotopic (exact) mass is 173 g/mol. The van der Waals surface area contributed by atoms with E-state index in [9.17, 15) is 4.79 Å². The van der Waals surface area contributed by atoms with Gasteiger partial charge in [0.2, 0.25) is 0 Å². The van der Waals surface area contributed by atoms with Gasteiger partial charge in [0.15, 0.2) is 0 Å². The third kappa shape index (κ3) is 1.75. The quantitative estimate of drug-likeness (QED) is 0.481. The first-order valence-electron chi connectivity index (χ1n) is 6.38. The van der Waals surface area contributed by atoms with E-state index >= 15 is 0 Å². The Morgan fingerprint density at radius 2 is 2.75 bits per heavy atom. The van der Waals surface area contributed by atoms with Crippen molar-refractivity contribution >= 4 is 6.29 Å². The zero-order chi connectivity index (χ0) is 13.5. The standard InChI is InChI=1S/C10H16O2/c1-4-10(3)6-5-9(12-10)8(2)7-11/h4,7-9H,1,5-6H2,2-3H3/i3D3,6D2. The van der Waals surface area contributed by atoms with Crippen LogP contribution in [0.2, 0.25) is 0 Å². The zero-order valence-electron chi connectivity index (χ0n) is 12.0. The lowest BCUT2D eigenvalue weighted by Crippen LogP contribution is -2.25. The highest BCUT2D eigenvalue weighted by Gasteiger charge is 2.35. The van der Waals surface area contributed by atoms with Gasteiger partial charge < -0.3 is 9.53 Å². The van der Waals surface area contributed by atoms with Crippen LogP contribution in [-0.2, 0) is 9.53 Å². The number of carbonyl (C=O) groups is 1. The van der Waals surface area contributed by atoms with Crippen LogP contribution in [0.5, 0.6) is 0 Å². The second-order valence-electron chi connectivity index (χ2n) is 2.97. The van der Waals surface area contributed by atoms with Crippen molar-refractivity contribution in [2.45, 2.75) is 38.3 Å². The van der Waals surface area contributed by atoms with E-state index in [-0.39, 0.29) is 6.42 Å². The van der Waals surface area contributed by atoms with Crippen LogP contribution >= 0.6 is 0 Å². The van der Waals surface area contributed by atoms with Gasteiger partial charge in [0, 0.05) is 12.8 Å². The maximum absolute atomic E-state index is 10.7. The Kier molecular flexibility index (Phi) is 1.29. The third-order valence-corrected chi connectivity index (χ3v) is 1.99. The third-order valence-electron chi connectivity index (χ3n) is 1.99. The summed E-state index contributed by atoms with van der Waals surface area (Å²) in [7, 11) is 0. The Hall–Kier alpha value is -0.630. The lowest BCUT2D eigenvalue weighted by molar-refractivity contribution is -0.115. The molecule has 1 heterocycles. The molecule has 1 rings (SSSR count). The van der Waals surface area contributed by atoms with Gasteiger partial charge in [-0.15, -0.1) is 6.58 Å². The largest absolute Gasteiger partial charge is 0.367 e. The molecule has 3 unspecified atom stereocenters. The van der Waals surface area contributed by atoms with E-state index in [4.69, 9.17) is 11.6 Å². The molecular formula is C10H16O2. The van der Waals surface area contributed by atoms with Crippen LogP contribution in [0, 0.1) is 5.92 Å². The summed E-state index contributed by atoms with van der Waals surface area (Å²) in [5.41, 5.74) is -2.04. The van der Waals surface area contributed by atoms with Crippen molar-refractivity contribution in [1.82, 2.24) is 0 Å². The summed E-state index contributed by atoms with van der Waals surface area (Å²) in [4.78, 5) is 10.7. The minimum Gasteiger partial charge on any atom is -0.367 e. The second kappa shape index (κ2) is 3.40. The van der Waals surface area contributed by atoms with Crippen LogP contribution in [0.3, 0.4) is 0 Å². The van der Waals surface area contributed by atoms with Gasteiger partial charge in [-0.1, -0.05) is 13.0 Å². The van der Waals surface area contributed by atoms with Crippen LogP contribution in [0.15, 0.2) is 12.7 Å². The lowest BCUT2D eigenvalue weighted by atomic mass is 10.00. The molecule has 0 aliphatic carbocycles. The van der Waals surface area contributed by atoms with Crippen molar-refractivity contribution < 1.29 is 16.4 Å². The Morgan fingerprint density at radius 1 is 2.00 bits per heavy atom. The summed E-state index contributed by atoms with van der Waals surface area (Å²) in [6, 6.07) is 0. The molecule has 0 aromatic rings. The van der Waals surface area contributed by atoms with Gasteiger partial charge in [-0.3, -0.25) is 0 Å². The maximum Gasteiger partial charge on any atom is 0.125 e. The van der Waals surface area contributed by atoms with E-state index in [1.165, 1.54) is 0 Å².